The zero-order valence-electron chi connectivity index (χ0n) is 37.5. The molecule has 0 heterocycles. The third-order valence-electron chi connectivity index (χ3n) is 10.2. The number of carboxylic acids is 1. The van der Waals surface area contributed by atoms with Crippen LogP contribution >= 0.6 is 0 Å². The van der Waals surface area contributed by atoms with Crippen LogP contribution in [0.25, 0.3) is 0 Å². The van der Waals surface area contributed by atoms with Gasteiger partial charge in [0.25, 0.3) is 0 Å². The highest BCUT2D eigenvalue weighted by atomic mass is 16.6. The average molecular weight is 802 g/mol. The quantitative estimate of drug-likeness (QED) is 0.0262. The fourth-order valence-electron chi connectivity index (χ4n) is 6.65. The van der Waals surface area contributed by atoms with Crippen LogP contribution in [0, 0.1) is 0 Å². The minimum Gasteiger partial charge on any atom is -0.544 e. The molecule has 0 aromatic heterocycles. The van der Waals surface area contributed by atoms with Gasteiger partial charge in [-0.15, -0.1) is 0 Å². The molecule has 0 amide bonds. The summed E-state index contributed by atoms with van der Waals surface area (Å²) in [6, 6.07) is -0.728. The molecule has 0 aromatic carbocycles. The molecule has 57 heavy (non-hydrogen) atoms. The number of nitrogens with zero attached hydrogens (tertiary/aromatic N) is 1. The Bertz CT molecular complexity index is 1070. The third kappa shape index (κ3) is 38.6. The number of rotatable bonds is 41. The first-order valence-electron chi connectivity index (χ1n) is 23.2. The predicted octanol–water partition coefficient (Wildman–Crippen LogP) is 11.5. The Labute approximate surface area is 350 Å². The molecule has 0 N–H and O–H groups in total. The van der Waals surface area contributed by atoms with Gasteiger partial charge in [0.2, 0.25) is 0 Å². The zero-order chi connectivity index (χ0) is 42.1. The number of carboxylic acid groups (broad SMARTS) is 1. The highest BCUT2D eigenvalue weighted by molar-refractivity contribution is 5.70. The number of hydrogen-bond acceptors (Lipinski definition) is 7. The molecule has 2 atom stereocenters. The summed E-state index contributed by atoms with van der Waals surface area (Å²) < 4.78 is 17.2. The highest BCUT2D eigenvalue weighted by Gasteiger charge is 2.25. The Morgan fingerprint density at radius 3 is 1.46 bits per heavy atom. The molecule has 0 aliphatic heterocycles. The van der Waals surface area contributed by atoms with Crippen LogP contribution in [0.15, 0.2) is 48.6 Å². The zero-order valence-corrected chi connectivity index (χ0v) is 37.5. The van der Waals surface area contributed by atoms with Crippen molar-refractivity contribution in [3.05, 3.63) is 48.6 Å². The number of carbonyl (C=O) groups is 3. The lowest BCUT2D eigenvalue weighted by molar-refractivity contribution is -0.889. The van der Waals surface area contributed by atoms with E-state index in [0.29, 0.717) is 12.8 Å². The van der Waals surface area contributed by atoms with Crippen molar-refractivity contribution in [1.29, 1.82) is 0 Å². The molecule has 0 saturated heterocycles. The summed E-state index contributed by atoms with van der Waals surface area (Å²) >= 11 is 0. The predicted molar refractivity (Wildman–Crippen MR) is 236 cm³/mol. The van der Waals surface area contributed by atoms with Gasteiger partial charge < -0.3 is 28.6 Å². The summed E-state index contributed by atoms with van der Waals surface area (Å²) in [6.07, 6.45) is 47.0. The topological polar surface area (TPSA) is 102 Å². The molecule has 0 aromatic rings. The summed E-state index contributed by atoms with van der Waals surface area (Å²) in [5.74, 6) is -1.75. The average Bonchev–Trinajstić information content (AvgIpc) is 3.17. The van der Waals surface area contributed by atoms with E-state index in [1.54, 1.807) is 21.1 Å². The number of carbonyl (C=O) groups excluding carboxylic acids is 3. The maximum absolute atomic E-state index is 12.7. The van der Waals surface area contributed by atoms with Crippen molar-refractivity contribution < 1.29 is 38.2 Å². The molecule has 2 unspecified atom stereocenters. The van der Waals surface area contributed by atoms with Crippen molar-refractivity contribution in [1.82, 2.24) is 0 Å². The first-order chi connectivity index (χ1) is 27.6. The number of ether oxygens (including phenoxy) is 3. The molecule has 8 nitrogen and oxygen atoms in total. The fourth-order valence-corrected chi connectivity index (χ4v) is 6.65. The van der Waals surface area contributed by atoms with Gasteiger partial charge in [-0.1, -0.05) is 172 Å². The van der Waals surface area contributed by atoms with E-state index in [2.05, 4.69) is 62.5 Å². The van der Waals surface area contributed by atoms with E-state index in [1.807, 2.05) is 0 Å². The third-order valence-corrected chi connectivity index (χ3v) is 10.2. The lowest BCUT2D eigenvalue weighted by Gasteiger charge is -2.34. The molecule has 0 rings (SSSR count). The summed E-state index contributed by atoms with van der Waals surface area (Å²) in [4.78, 5) is 36.9. The Morgan fingerprint density at radius 1 is 0.544 bits per heavy atom. The van der Waals surface area contributed by atoms with Gasteiger partial charge in [-0.3, -0.25) is 9.59 Å². The van der Waals surface area contributed by atoms with E-state index < -0.39 is 18.1 Å². The van der Waals surface area contributed by atoms with E-state index >= 15 is 0 Å². The largest absolute Gasteiger partial charge is 0.544 e. The summed E-state index contributed by atoms with van der Waals surface area (Å²) in [5.41, 5.74) is 0. The number of unbranched alkanes of at least 4 members (excludes halogenated alkanes) is 19. The van der Waals surface area contributed by atoms with Crippen LogP contribution in [0.3, 0.4) is 0 Å². The van der Waals surface area contributed by atoms with E-state index in [4.69, 9.17) is 14.2 Å². The monoisotopic (exact) mass is 802 g/mol. The second-order valence-electron chi connectivity index (χ2n) is 16.6. The maximum Gasteiger partial charge on any atom is 0.306 e. The van der Waals surface area contributed by atoms with Gasteiger partial charge in [-0.05, 0) is 51.4 Å². The number of allylic oxidation sites excluding steroid dienone is 8. The van der Waals surface area contributed by atoms with Crippen LogP contribution in [-0.4, -0.2) is 75.5 Å². The number of aliphatic carboxylic acids is 1. The van der Waals surface area contributed by atoms with Crippen molar-refractivity contribution in [2.24, 2.45) is 0 Å². The number of likely N-dealkylation sites (N-methyl/N-ethyl adjacent to an activating group) is 1. The molecule has 0 aliphatic carbocycles. The first-order valence-corrected chi connectivity index (χ1v) is 23.2. The Morgan fingerprint density at radius 2 is 0.982 bits per heavy atom. The Hall–Kier alpha value is -2.71. The van der Waals surface area contributed by atoms with Crippen molar-refractivity contribution in [2.75, 3.05) is 41.0 Å². The SMILES string of the molecule is CC/C=C\C/C=C\C/C=C\C/C=C\CCCCCCCCC(=O)OC(COCCC(C(=O)[O-])[N+](C)(C)C)COC(=O)CCCCCCCCCCCCCCCC. The van der Waals surface area contributed by atoms with Crippen LogP contribution in [0.5, 0.6) is 0 Å². The van der Waals surface area contributed by atoms with Crippen LogP contribution < -0.4 is 5.11 Å². The maximum atomic E-state index is 12.7. The van der Waals surface area contributed by atoms with Gasteiger partial charge in [0, 0.05) is 19.3 Å². The molecule has 0 saturated carbocycles. The van der Waals surface area contributed by atoms with Crippen molar-refractivity contribution in [3.8, 4) is 0 Å². The second kappa shape index (κ2) is 40.1. The highest BCUT2D eigenvalue weighted by Crippen LogP contribution is 2.15. The molecule has 0 fully saturated rings. The van der Waals surface area contributed by atoms with Gasteiger partial charge in [0.1, 0.15) is 12.6 Å². The molecule has 8 heteroatoms. The van der Waals surface area contributed by atoms with Crippen molar-refractivity contribution in [2.45, 2.75) is 206 Å². The van der Waals surface area contributed by atoms with E-state index in [0.717, 1.165) is 77.0 Å². The lowest BCUT2D eigenvalue weighted by atomic mass is 10.0. The summed E-state index contributed by atoms with van der Waals surface area (Å²) in [5, 5.41) is 11.6. The Balaban J connectivity index is 4.33. The first kappa shape index (κ1) is 54.3. The van der Waals surface area contributed by atoms with Gasteiger partial charge in [0.05, 0.1) is 40.3 Å². The minimum atomic E-state index is -1.13. The van der Waals surface area contributed by atoms with Gasteiger partial charge in [-0.25, -0.2) is 0 Å². The van der Waals surface area contributed by atoms with Crippen LogP contribution in [-0.2, 0) is 28.6 Å². The van der Waals surface area contributed by atoms with Crippen LogP contribution in [0.2, 0.25) is 0 Å². The Kier molecular flexibility index (Phi) is 38.2. The van der Waals surface area contributed by atoms with E-state index in [1.165, 1.54) is 83.5 Å². The molecular weight excluding hydrogens is 715 g/mol. The molecule has 0 radical (unpaired) electrons. The number of hydrogen-bond donors (Lipinski definition) is 0. The van der Waals surface area contributed by atoms with Gasteiger partial charge in [-0.2, -0.15) is 0 Å². The van der Waals surface area contributed by atoms with E-state index in [-0.39, 0.29) is 42.7 Å². The lowest BCUT2D eigenvalue weighted by Crippen LogP contribution is -2.55. The number of quaternary nitrogens is 1. The van der Waals surface area contributed by atoms with Crippen molar-refractivity contribution >= 4 is 17.9 Å². The minimum absolute atomic E-state index is 0.0358. The molecule has 0 aliphatic rings. The standard InChI is InChI=1S/C49H87NO7/c1-6-8-10-12-14-16-18-20-22-23-24-25-26-28-30-32-34-36-38-40-48(52)57-45(43-55-42-41-46(49(53)54)50(3,4)5)44-56-47(51)39-37-35-33-31-29-27-21-19-17-15-13-11-9-7-2/h8,10,14,16,20,22,24-25,45-46H,6-7,9,11-13,15,17-19,21,23,26-44H2,1-5H3/b10-8-,16-14-,22-20-,25-24-. The fraction of sp³-hybridized carbons (Fsp3) is 0.776. The van der Waals surface area contributed by atoms with Crippen LogP contribution in [0.1, 0.15) is 194 Å². The van der Waals surface area contributed by atoms with Crippen molar-refractivity contribution in [3.63, 3.8) is 0 Å². The second-order valence-corrected chi connectivity index (χ2v) is 16.6. The molecule has 0 spiro atoms. The smallest absolute Gasteiger partial charge is 0.306 e. The van der Waals surface area contributed by atoms with Gasteiger partial charge in [0.15, 0.2) is 6.10 Å². The normalized spacial score (nSPS) is 13.4. The molecule has 330 valence electrons. The molecule has 0 bridgehead atoms. The number of esters is 2. The van der Waals surface area contributed by atoms with Gasteiger partial charge >= 0.3 is 11.9 Å². The van der Waals surface area contributed by atoms with E-state index in [9.17, 15) is 19.5 Å². The van der Waals surface area contributed by atoms with Crippen LogP contribution in [0.4, 0.5) is 0 Å². The summed E-state index contributed by atoms with van der Waals surface area (Å²) in [7, 11) is 5.40. The summed E-state index contributed by atoms with van der Waals surface area (Å²) in [6.45, 7) is 4.54. The molecular formula is C49H87NO7.